The van der Waals surface area contributed by atoms with Gasteiger partial charge in [-0.2, -0.15) is 0 Å². The summed E-state index contributed by atoms with van der Waals surface area (Å²) in [6, 6.07) is 21.9. The average molecular weight is 601 g/mol. The van der Waals surface area contributed by atoms with Crippen LogP contribution in [0.4, 0.5) is 10.1 Å². The van der Waals surface area contributed by atoms with Gasteiger partial charge in [-0.3, -0.25) is 9.79 Å². The molecule has 1 heterocycles. The number of halogens is 2. The highest BCUT2D eigenvalue weighted by Crippen LogP contribution is 2.39. The lowest BCUT2D eigenvalue weighted by Gasteiger charge is -2.25. The second kappa shape index (κ2) is 12.4. The van der Waals surface area contributed by atoms with Crippen molar-refractivity contribution in [2.24, 2.45) is 4.99 Å². The molecule has 0 spiro atoms. The van der Waals surface area contributed by atoms with Gasteiger partial charge in [-0.1, -0.05) is 48.0 Å². The van der Waals surface area contributed by atoms with Crippen molar-refractivity contribution in [1.29, 1.82) is 0 Å². The molecule has 5 rings (SSSR count). The van der Waals surface area contributed by atoms with Crippen molar-refractivity contribution < 1.29 is 33.3 Å². The molecule has 0 radical (unpaired) electrons. The third-order valence-electron chi connectivity index (χ3n) is 6.94. The zero-order valence-electron chi connectivity index (χ0n) is 23.1. The molecule has 1 amide bonds. The third kappa shape index (κ3) is 5.93. The molecule has 218 valence electrons. The Balaban J connectivity index is 1.48. The lowest BCUT2D eigenvalue weighted by molar-refractivity contribution is -0.119. The molecule has 1 aliphatic rings. The number of methoxy groups -OCH3 is 2. The first kappa shape index (κ1) is 29.3. The number of hydrogen-bond donors (Lipinski definition) is 2. The maximum absolute atomic E-state index is 13.7. The lowest BCUT2D eigenvalue weighted by Crippen LogP contribution is -2.36. The zero-order chi connectivity index (χ0) is 30.6. The molecule has 0 saturated carbocycles. The Bertz CT molecular complexity index is 1730. The van der Waals surface area contributed by atoms with Crippen LogP contribution < -0.4 is 19.5 Å². The van der Waals surface area contributed by atoms with Gasteiger partial charge in [-0.25, -0.2) is 9.18 Å². The monoisotopic (exact) mass is 600 g/mol. The molecule has 43 heavy (non-hydrogen) atoms. The van der Waals surface area contributed by atoms with Crippen LogP contribution in [0.2, 0.25) is 5.02 Å². The summed E-state index contributed by atoms with van der Waals surface area (Å²) in [4.78, 5) is 30.5. The topological polar surface area (TPSA) is 106 Å². The summed E-state index contributed by atoms with van der Waals surface area (Å²) in [5, 5.41) is 13.3. The molecule has 8 nitrogen and oxygen atoms in total. The normalized spacial score (nSPS) is 16.0. The second-order valence-corrected chi connectivity index (χ2v) is 9.92. The highest BCUT2D eigenvalue weighted by molar-refractivity contribution is 6.31. The van der Waals surface area contributed by atoms with Gasteiger partial charge in [0.1, 0.15) is 17.1 Å². The number of carboxylic acids is 1. The molecule has 10 heteroatoms. The van der Waals surface area contributed by atoms with E-state index in [1.54, 1.807) is 66.7 Å². The molecule has 2 N–H and O–H groups in total. The number of anilines is 1. The van der Waals surface area contributed by atoms with E-state index < -0.39 is 29.3 Å². The van der Waals surface area contributed by atoms with Crippen molar-refractivity contribution in [2.75, 3.05) is 19.5 Å². The van der Waals surface area contributed by atoms with Gasteiger partial charge in [0.15, 0.2) is 23.1 Å². The number of carbonyl (C=O) groups excluding carboxylic acids is 1. The van der Waals surface area contributed by atoms with Gasteiger partial charge < -0.3 is 24.6 Å². The number of nitrogens with one attached hydrogen (secondary N) is 1. The standard InChI is InChI=1S/C33H26ClFN2O6/c1-41-28-14-10-21(18-29(28)42-2)33(16-5-17-36-33)32(40)37-23-13-15-27(25(19-23)31(38)39)43-30(20-8-11-22(35)12-9-20)24-6-3-4-7-26(24)34/h3-19,30H,1-2H3,(H,37,40)(H,38,39). The Hall–Kier alpha value is -5.15. The van der Waals surface area contributed by atoms with Crippen LogP contribution in [0.25, 0.3) is 0 Å². The smallest absolute Gasteiger partial charge is 0.339 e. The van der Waals surface area contributed by atoms with Crippen LogP contribution in [0.5, 0.6) is 17.2 Å². The summed E-state index contributed by atoms with van der Waals surface area (Å²) >= 11 is 6.46. The Morgan fingerprint density at radius 1 is 0.930 bits per heavy atom. The predicted octanol–water partition coefficient (Wildman–Crippen LogP) is 6.84. The lowest BCUT2D eigenvalue weighted by atomic mass is 9.89. The number of rotatable bonds is 10. The number of allylic oxidation sites excluding steroid dienone is 1. The fraction of sp³-hybridized carbons (Fsp3) is 0.121. The van der Waals surface area contributed by atoms with E-state index in [4.69, 9.17) is 25.8 Å². The molecule has 0 bridgehead atoms. The van der Waals surface area contributed by atoms with Crippen molar-refractivity contribution in [2.45, 2.75) is 11.6 Å². The number of benzene rings is 4. The minimum atomic E-state index is -1.42. The summed E-state index contributed by atoms with van der Waals surface area (Å²) in [5.74, 6) is -1.29. The molecule has 4 aromatic carbocycles. The minimum Gasteiger partial charge on any atom is -0.493 e. The molecule has 2 unspecified atom stereocenters. The van der Waals surface area contributed by atoms with Crippen LogP contribution in [-0.2, 0) is 10.3 Å². The van der Waals surface area contributed by atoms with Gasteiger partial charge in [0.05, 0.1) is 14.2 Å². The van der Waals surface area contributed by atoms with E-state index in [1.807, 2.05) is 0 Å². The number of carbonyl (C=O) groups is 2. The van der Waals surface area contributed by atoms with Gasteiger partial charge in [-0.05, 0) is 71.8 Å². The van der Waals surface area contributed by atoms with Crippen LogP contribution in [0.3, 0.4) is 0 Å². The highest BCUT2D eigenvalue weighted by atomic mass is 35.5. The van der Waals surface area contributed by atoms with E-state index in [0.717, 1.165) is 0 Å². The largest absolute Gasteiger partial charge is 0.493 e. The summed E-state index contributed by atoms with van der Waals surface area (Å²) in [6.45, 7) is 0. The number of aromatic carboxylic acids is 1. The zero-order valence-corrected chi connectivity index (χ0v) is 23.8. The average Bonchev–Trinajstić information content (AvgIpc) is 3.52. The fourth-order valence-corrected chi connectivity index (χ4v) is 5.00. The number of nitrogens with zero attached hydrogens (tertiary/aromatic N) is 1. The number of ether oxygens (including phenoxy) is 3. The first-order valence-corrected chi connectivity index (χ1v) is 13.4. The fourth-order valence-electron chi connectivity index (χ4n) is 4.76. The van der Waals surface area contributed by atoms with E-state index >= 15 is 0 Å². The van der Waals surface area contributed by atoms with Crippen molar-refractivity contribution in [3.8, 4) is 17.2 Å². The van der Waals surface area contributed by atoms with Crippen molar-refractivity contribution in [3.05, 3.63) is 130 Å². The maximum Gasteiger partial charge on any atom is 0.339 e. The van der Waals surface area contributed by atoms with Gasteiger partial charge in [0, 0.05) is 22.5 Å². The molecular formula is C33H26ClFN2O6. The number of aliphatic imine (C=N–C) groups is 1. The van der Waals surface area contributed by atoms with Crippen LogP contribution in [0.1, 0.15) is 33.2 Å². The van der Waals surface area contributed by atoms with Crippen LogP contribution in [-0.4, -0.2) is 37.4 Å². The van der Waals surface area contributed by atoms with Crippen LogP contribution in [0, 0.1) is 5.82 Å². The van der Waals surface area contributed by atoms with Crippen LogP contribution >= 0.6 is 11.6 Å². The van der Waals surface area contributed by atoms with Gasteiger partial charge in [0.2, 0.25) is 0 Å². The van der Waals surface area contributed by atoms with Gasteiger partial charge in [-0.15, -0.1) is 0 Å². The maximum atomic E-state index is 13.7. The first-order chi connectivity index (χ1) is 20.8. The summed E-state index contributed by atoms with van der Waals surface area (Å²) in [5.41, 5.74) is 0.227. The third-order valence-corrected chi connectivity index (χ3v) is 7.29. The molecular weight excluding hydrogens is 575 g/mol. The Morgan fingerprint density at radius 2 is 1.65 bits per heavy atom. The van der Waals surface area contributed by atoms with E-state index in [2.05, 4.69) is 10.3 Å². The van der Waals surface area contributed by atoms with Crippen LogP contribution in [0.15, 0.2) is 102 Å². The number of amides is 1. The highest BCUT2D eigenvalue weighted by Gasteiger charge is 2.39. The number of hydrogen-bond acceptors (Lipinski definition) is 6. The Morgan fingerprint density at radius 3 is 2.30 bits per heavy atom. The molecule has 0 fully saturated rings. The van der Waals surface area contributed by atoms with Gasteiger partial charge in [0.25, 0.3) is 5.91 Å². The molecule has 0 aromatic heterocycles. The van der Waals surface area contributed by atoms with Crippen molar-refractivity contribution in [3.63, 3.8) is 0 Å². The predicted molar refractivity (Wildman–Crippen MR) is 161 cm³/mol. The molecule has 0 aliphatic carbocycles. The quantitative estimate of drug-likeness (QED) is 0.206. The molecule has 0 saturated heterocycles. The summed E-state index contributed by atoms with van der Waals surface area (Å²) in [7, 11) is 3.00. The number of carboxylic acid groups (broad SMARTS) is 1. The molecule has 1 aliphatic heterocycles. The van der Waals surface area contributed by atoms with Crippen molar-refractivity contribution >= 4 is 35.4 Å². The van der Waals surface area contributed by atoms with E-state index in [-0.39, 0.29) is 17.0 Å². The second-order valence-electron chi connectivity index (χ2n) is 9.51. The molecule has 2 atom stereocenters. The SMILES string of the molecule is COc1ccc(C2(C(=O)Nc3ccc(OC(c4ccc(F)cc4)c4ccccc4Cl)c(C(=O)O)c3)C=CC=N2)cc1OC. The summed E-state index contributed by atoms with van der Waals surface area (Å²) < 4.78 is 30.6. The van der Waals surface area contributed by atoms with E-state index in [9.17, 15) is 19.1 Å². The Labute approximate surface area is 252 Å². The Kier molecular flexibility index (Phi) is 8.45. The summed E-state index contributed by atoms with van der Waals surface area (Å²) in [6.07, 6.45) is 3.95. The first-order valence-electron chi connectivity index (χ1n) is 13.1. The minimum absolute atomic E-state index is 0.0214. The molecule has 4 aromatic rings. The van der Waals surface area contributed by atoms with E-state index in [1.165, 1.54) is 50.8 Å². The van der Waals surface area contributed by atoms with Crippen molar-refractivity contribution in [1.82, 2.24) is 0 Å². The van der Waals surface area contributed by atoms with Gasteiger partial charge >= 0.3 is 5.97 Å². The van der Waals surface area contributed by atoms with E-state index in [0.29, 0.717) is 33.2 Å².